The summed E-state index contributed by atoms with van der Waals surface area (Å²) in [5, 5.41) is 9.60. The molecule has 2 aromatic carbocycles. The quantitative estimate of drug-likeness (QED) is 0.820. The van der Waals surface area contributed by atoms with Gasteiger partial charge in [0.05, 0.1) is 6.61 Å². The maximum absolute atomic E-state index is 11.6. The third kappa shape index (κ3) is 4.43. The van der Waals surface area contributed by atoms with Crippen LogP contribution in [0.5, 0.6) is 5.75 Å². The molecule has 0 aliphatic heterocycles. The molecule has 0 aliphatic rings. The first-order chi connectivity index (χ1) is 9.75. The van der Waals surface area contributed by atoms with Crippen molar-refractivity contribution in [3.05, 3.63) is 65.7 Å². The number of benzene rings is 2. The van der Waals surface area contributed by atoms with E-state index in [4.69, 9.17) is 4.74 Å². The van der Waals surface area contributed by atoms with E-state index in [0.717, 1.165) is 17.5 Å². The molecule has 0 saturated carbocycles. The number of esters is 1. The molecule has 2 rings (SSSR count). The van der Waals surface area contributed by atoms with Crippen LogP contribution < -0.4 is 0 Å². The minimum atomic E-state index is -0.232. The van der Waals surface area contributed by atoms with Crippen LogP contribution in [0.25, 0.3) is 0 Å². The van der Waals surface area contributed by atoms with Crippen LogP contribution in [0.15, 0.2) is 54.6 Å². The number of rotatable bonds is 6. The fraction of sp³-hybridized carbons (Fsp3) is 0.235. The van der Waals surface area contributed by atoms with Crippen molar-refractivity contribution < 1.29 is 14.6 Å². The summed E-state index contributed by atoms with van der Waals surface area (Å²) in [6.45, 7) is 0.392. The lowest BCUT2D eigenvalue weighted by molar-refractivity contribution is -0.143. The highest BCUT2D eigenvalue weighted by molar-refractivity contribution is 5.69. The van der Waals surface area contributed by atoms with Crippen molar-refractivity contribution >= 4 is 5.97 Å². The third-order valence-corrected chi connectivity index (χ3v) is 3.09. The normalized spacial score (nSPS) is 10.2. The molecule has 0 atom stereocenters. The van der Waals surface area contributed by atoms with Gasteiger partial charge in [0.15, 0.2) is 0 Å². The van der Waals surface area contributed by atoms with Gasteiger partial charge in [-0.15, -0.1) is 0 Å². The maximum Gasteiger partial charge on any atom is 0.306 e. The van der Waals surface area contributed by atoms with E-state index in [-0.39, 0.29) is 18.1 Å². The summed E-state index contributed by atoms with van der Waals surface area (Å²) in [6.07, 6.45) is 1.51. The molecule has 0 amide bonds. The molecule has 3 heteroatoms. The van der Waals surface area contributed by atoms with E-state index in [0.29, 0.717) is 13.0 Å². The average Bonchev–Trinajstić information content (AvgIpc) is 2.47. The van der Waals surface area contributed by atoms with Crippen LogP contribution in [0.4, 0.5) is 0 Å². The van der Waals surface area contributed by atoms with Gasteiger partial charge in [-0.05, 0) is 23.6 Å². The van der Waals surface area contributed by atoms with Crippen LogP contribution in [0.3, 0.4) is 0 Å². The van der Waals surface area contributed by atoms with E-state index < -0.39 is 0 Å². The van der Waals surface area contributed by atoms with Crippen LogP contribution in [-0.4, -0.2) is 17.7 Å². The van der Waals surface area contributed by atoms with E-state index in [1.807, 2.05) is 42.5 Å². The summed E-state index contributed by atoms with van der Waals surface area (Å²) in [7, 11) is 0. The SMILES string of the molecule is O=C(CCc1ccccc1O)OCCc1ccccc1. The Morgan fingerprint density at radius 1 is 0.950 bits per heavy atom. The molecule has 0 fully saturated rings. The molecular weight excluding hydrogens is 252 g/mol. The van der Waals surface area contributed by atoms with Gasteiger partial charge in [0, 0.05) is 12.8 Å². The highest BCUT2D eigenvalue weighted by atomic mass is 16.5. The number of para-hydroxylation sites is 1. The highest BCUT2D eigenvalue weighted by Crippen LogP contribution is 2.17. The number of aryl methyl sites for hydroxylation is 1. The number of hydrogen-bond acceptors (Lipinski definition) is 3. The molecule has 0 saturated heterocycles. The zero-order valence-electron chi connectivity index (χ0n) is 11.3. The van der Waals surface area contributed by atoms with E-state index in [9.17, 15) is 9.90 Å². The van der Waals surface area contributed by atoms with Gasteiger partial charge in [0.1, 0.15) is 5.75 Å². The number of phenolic OH excluding ortho intramolecular Hbond substituents is 1. The minimum absolute atomic E-state index is 0.226. The van der Waals surface area contributed by atoms with Gasteiger partial charge in [0.25, 0.3) is 0 Å². The molecule has 2 aromatic rings. The van der Waals surface area contributed by atoms with Crippen LogP contribution >= 0.6 is 0 Å². The molecule has 20 heavy (non-hydrogen) atoms. The molecule has 0 bridgehead atoms. The first-order valence-electron chi connectivity index (χ1n) is 6.72. The van der Waals surface area contributed by atoms with E-state index >= 15 is 0 Å². The van der Waals surface area contributed by atoms with Crippen LogP contribution in [0, 0.1) is 0 Å². The fourth-order valence-corrected chi connectivity index (χ4v) is 1.96. The van der Waals surface area contributed by atoms with Gasteiger partial charge in [-0.1, -0.05) is 48.5 Å². The number of hydrogen-bond donors (Lipinski definition) is 1. The Hall–Kier alpha value is -2.29. The Morgan fingerprint density at radius 2 is 1.65 bits per heavy atom. The van der Waals surface area contributed by atoms with Crippen molar-refractivity contribution in [2.24, 2.45) is 0 Å². The largest absolute Gasteiger partial charge is 0.508 e. The van der Waals surface area contributed by atoms with Gasteiger partial charge in [-0.2, -0.15) is 0 Å². The smallest absolute Gasteiger partial charge is 0.306 e. The predicted molar refractivity (Wildman–Crippen MR) is 77.5 cm³/mol. The van der Waals surface area contributed by atoms with Crippen molar-refractivity contribution in [1.82, 2.24) is 0 Å². The van der Waals surface area contributed by atoms with Crippen molar-refractivity contribution in [1.29, 1.82) is 0 Å². The maximum atomic E-state index is 11.6. The van der Waals surface area contributed by atoms with Crippen LogP contribution in [0.1, 0.15) is 17.5 Å². The van der Waals surface area contributed by atoms with Crippen molar-refractivity contribution in [2.75, 3.05) is 6.61 Å². The molecule has 1 N–H and O–H groups in total. The van der Waals surface area contributed by atoms with Crippen molar-refractivity contribution in [3.8, 4) is 5.75 Å². The molecule has 0 radical (unpaired) electrons. The second-order valence-corrected chi connectivity index (χ2v) is 4.58. The van der Waals surface area contributed by atoms with Gasteiger partial charge in [0.2, 0.25) is 0 Å². The Bertz CT molecular complexity index is 549. The third-order valence-electron chi connectivity index (χ3n) is 3.09. The second kappa shape index (κ2) is 7.34. The first kappa shape index (κ1) is 14.1. The number of phenols is 1. The Labute approximate surface area is 118 Å². The molecule has 0 aromatic heterocycles. The molecule has 0 spiro atoms. The summed E-state index contributed by atoms with van der Waals surface area (Å²) in [5.41, 5.74) is 1.92. The van der Waals surface area contributed by atoms with Crippen LogP contribution in [0.2, 0.25) is 0 Å². The van der Waals surface area contributed by atoms with Gasteiger partial charge in [-0.25, -0.2) is 0 Å². The van der Waals surface area contributed by atoms with Gasteiger partial charge < -0.3 is 9.84 Å². The molecular formula is C17H18O3. The van der Waals surface area contributed by atoms with Crippen molar-refractivity contribution in [2.45, 2.75) is 19.3 Å². The summed E-state index contributed by atoms with van der Waals surface area (Å²) in [5.74, 6) is -0.00577. The molecule has 0 unspecified atom stereocenters. The summed E-state index contributed by atoms with van der Waals surface area (Å²) >= 11 is 0. The summed E-state index contributed by atoms with van der Waals surface area (Å²) in [4.78, 5) is 11.6. The zero-order chi connectivity index (χ0) is 14.2. The van der Waals surface area contributed by atoms with E-state index in [1.165, 1.54) is 0 Å². The average molecular weight is 270 g/mol. The summed E-state index contributed by atoms with van der Waals surface area (Å²) in [6, 6.07) is 17.0. The topological polar surface area (TPSA) is 46.5 Å². The van der Waals surface area contributed by atoms with E-state index in [2.05, 4.69) is 0 Å². The van der Waals surface area contributed by atoms with Gasteiger partial charge >= 0.3 is 5.97 Å². The number of carbonyl (C=O) groups is 1. The standard InChI is InChI=1S/C17H18O3/c18-16-9-5-4-8-15(16)10-11-17(19)20-13-12-14-6-2-1-3-7-14/h1-9,18H,10-13H2. The highest BCUT2D eigenvalue weighted by Gasteiger charge is 2.06. The number of carbonyl (C=O) groups excluding carboxylic acids is 1. The summed E-state index contributed by atoms with van der Waals surface area (Å²) < 4.78 is 5.19. The first-order valence-corrected chi connectivity index (χ1v) is 6.72. The van der Waals surface area contributed by atoms with Crippen molar-refractivity contribution in [3.63, 3.8) is 0 Å². The van der Waals surface area contributed by atoms with Crippen LogP contribution in [-0.2, 0) is 22.4 Å². The Balaban J connectivity index is 1.70. The fourth-order valence-electron chi connectivity index (χ4n) is 1.96. The number of aromatic hydroxyl groups is 1. The molecule has 0 aliphatic carbocycles. The number of ether oxygens (including phenoxy) is 1. The second-order valence-electron chi connectivity index (χ2n) is 4.58. The molecule has 104 valence electrons. The lowest BCUT2D eigenvalue weighted by Gasteiger charge is -2.06. The van der Waals surface area contributed by atoms with Gasteiger partial charge in [-0.3, -0.25) is 4.79 Å². The molecule has 0 heterocycles. The Morgan fingerprint density at radius 3 is 2.40 bits per heavy atom. The zero-order valence-corrected chi connectivity index (χ0v) is 11.3. The van der Waals surface area contributed by atoms with E-state index in [1.54, 1.807) is 12.1 Å². The molecule has 3 nitrogen and oxygen atoms in total. The lowest BCUT2D eigenvalue weighted by Crippen LogP contribution is -2.08. The predicted octanol–water partition coefficient (Wildman–Crippen LogP) is 3.11. The lowest BCUT2D eigenvalue weighted by atomic mass is 10.1. The minimum Gasteiger partial charge on any atom is -0.508 e. The monoisotopic (exact) mass is 270 g/mol. The Kier molecular flexibility index (Phi) is 5.18.